The maximum atomic E-state index is 10.9. The topological polar surface area (TPSA) is 95.5 Å². The Morgan fingerprint density at radius 1 is 1.43 bits per heavy atom. The standard InChI is InChI=1S/C7H15NO5S/c1-7(2,3)13-6(9)8-4-5-14(10,11)12/h4-5H2,1-3H3,(H,8,9)(H,10,11,12)/p-1. The molecule has 0 unspecified atom stereocenters. The van der Waals surface area contributed by atoms with E-state index in [0.717, 1.165) is 0 Å². The van der Waals surface area contributed by atoms with Crippen LogP contribution in [0.15, 0.2) is 0 Å². The highest BCUT2D eigenvalue weighted by Gasteiger charge is 2.15. The third-order valence-electron chi connectivity index (χ3n) is 1.02. The molecule has 0 aliphatic carbocycles. The Kier molecular flexibility index (Phi) is 4.34. The Morgan fingerprint density at radius 3 is 2.29 bits per heavy atom. The van der Waals surface area contributed by atoms with E-state index < -0.39 is 27.6 Å². The molecule has 7 heteroatoms. The lowest BCUT2D eigenvalue weighted by atomic mass is 10.2. The Hall–Kier alpha value is -0.820. The lowest BCUT2D eigenvalue weighted by Crippen LogP contribution is -2.35. The molecule has 1 N–H and O–H groups in total. The highest BCUT2D eigenvalue weighted by atomic mass is 32.2. The monoisotopic (exact) mass is 224 g/mol. The molecule has 0 aromatic heterocycles. The first kappa shape index (κ1) is 13.2. The molecule has 0 atom stereocenters. The summed E-state index contributed by atoms with van der Waals surface area (Å²) < 4.78 is 35.3. The Bertz CT molecular complexity index is 290. The number of amides is 1. The van der Waals surface area contributed by atoms with Crippen molar-refractivity contribution in [3.63, 3.8) is 0 Å². The van der Waals surface area contributed by atoms with Gasteiger partial charge < -0.3 is 14.6 Å². The minimum absolute atomic E-state index is 0.235. The zero-order chi connectivity index (χ0) is 11.4. The lowest BCUT2D eigenvalue weighted by molar-refractivity contribution is 0.0531. The van der Waals surface area contributed by atoms with Gasteiger partial charge in [-0.05, 0) is 20.8 Å². The molecule has 0 saturated heterocycles. The number of rotatable bonds is 3. The Morgan fingerprint density at radius 2 is 1.93 bits per heavy atom. The smallest absolute Gasteiger partial charge is 0.407 e. The molecule has 0 aliphatic rings. The Labute approximate surface area is 83.4 Å². The molecule has 0 rings (SSSR count). The van der Waals surface area contributed by atoms with Gasteiger partial charge in [0.15, 0.2) is 0 Å². The van der Waals surface area contributed by atoms with Crippen LogP contribution in [0.2, 0.25) is 0 Å². The van der Waals surface area contributed by atoms with Crippen molar-refractivity contribution in [1.29, 1.82) is 0 Å². The van der Waals surface area contributed by atoms with E-state index in [1.807, 2.05) is 0 Å². The second-order valence-corrected chi connectivity index (χ2v) is 5.21. The highest BCUT2D eigenvalue weighted by molar-refractivity contribution is 7.85. The van der Waals surface area contributed by atoms with Crippen LogP contribution in [0.25, 0.3) is 0 Å². The van der Waals surface area contributed by atoms with Crippen LogP contribution in [0.4, 0.5) is 4.79 Å². The second kappa shape index (κ2) is 4.61. The molecule has 0 spiro atoms. The molecule has 0 bridgehead atoms. The van der Waals surface area contributed by atoms with Gasteiger partial charge in [-0.15, -0.1) is 0 Å². The van der Waals surface area contributed by atoms with Crippen LogP contribution in [0, 0.1) is 0 Å². The van der Waals surface area contributed by atoms with Gasteiger partial charge in [0.1, 0.15) is 5.60 Å². The maximum absolute atomic E-state index is 10.9. The summed E-state index contributed by atoms with van der Waals surface area (Å²) in [5.41, 5.74) is -0.638. The molecule has 0 fully saturated rings. The molecular weight excluding hydrogens is 210 g/mol. The quantitative estimate of drug-likeness (QED) is 0.684. The SMILES string of the molecule is CC(C)(C)OC(=O)NCCS(=O)(=O)[O-]. The van der Waals surface area contributed by atoms with E-state index in [2.05, 4.69) is 5.32 Å². The molecule has 84 valence electrons. The van der Waals surface area contributed by atoms with Gasteiger partial charge in [-0.1, -0.05) is 0 Å². The van der Waals surface area contributed by atoms with Crippen LogP contribution < -0.4 is 5.32 Å². The van der Waals surface area contributed by atoms with Gasteiger partial charge in [-0.25, -0.2) is 13.2 Å². The third kappa shape index (κ3) is 9.27. The van der Waals surface area contributed by atoms with Crippen molar-refractivity contribution >= 4 is 16.2 Å². The summed E-state index contributed by atoms with van der Waals surface area (Å²) in [6.45, 7) is 4.80. The number of hydrogen-bond acceptors (Lipinski definition) is 5. The average molecular weight is 224 g/mol. The first-order chi connectivity index (χ1) is 6.10. The summed E-state index contributed by atoms with van der Waals surface area (Å²) in [6.07, 6.45) is -0.735. The molecule has 0 aliphatic heterocycles. The summed E-state index contributed by atoms with van der Waals surface area (Å²) in [5.74, 6) is -0.633. The van der Waals surface area contributed by atoms with Crippen molar-refractivity contribution in [3.05, 3.63) is 0 Å². The minimum atomic E-state index is -4.28. The average Bonchev–Trinajstić information content (AvgIpc) is 1.78. The predicted octanol–water partition coefficient (Wildman–Crippen LogP) is 0.0563. The molecule has 14 heavy (non-hydrogen) atoms. The van der Waals surface area contributed by atoms with Gasteiger partial charge in [0.25, 0.3) is 0 Å². The van der Waals surface area contributed by atoms with Gasteiger partial charge >= 0.3 is 6.09 Å². The summed E-state index contributed by atoms with van der Waals surface area (Å²) in [6, 6.07) is 0. The summed E-state index contributed by atoms with van der Waals surface area (Å²) in [4.78, 5) is 10.9. The van der Waals surface area contributed by atoms with E-state index >= 15 is 0 Å². The number of carbonyl (C=O) groups excluding carboxylic acids is 1. The first-order valence-electron chi connectivity index (χ1n) is 4.00. The van der Waals surface area contributed by atoms with Gasteiger partial charge in [0, 0.05) is 6.54 Å². The molecule has 0 aromatic carbocycles. The van der Waals surface area contributed by atoms with Crippen LogP contribution in [-0.2, 0) is 14.9 Å². The molecule has 0 heterocycles. The lowest BCUT2D eigenvalue weighted by Gasteiger charge is -2.19. The molecule has 1 amide bonds. The summed E-state index contributed by atoms with van der Waals surface area (Å²) in [7, 11) is -4.28. The van der Waals surface area contributed by atoms with Crippen LogP contribution in [0.1, 0.15) is 20.8 Å². The van der Waals surface area contributed by atoms with Gasteiger partial charge in [0.2, 0.25) is 0 Å². The van der Waals surface area contributed by atoms with Crippen molar-refractivity contribution in [2.24, 2.45) is 0 Å². The van der Waals surface area contributed by atoms with Crippen molar-refractivity contribution in [3.8, 4) is 0 Å². The maximum Gasteiger partial charge on any atom is 0.407 e. The fourth-order valence-electron chi connectivity index (χ4n) is 0.592. The fourth-order valence-corrected chi connectivity index (χ4v) is 0.944. The van der Waals surface area contributed by atoms with Gasteiger partial charge in [0.05, 0.1) is 15.9 Å². The van der Waals surface area contributed by atoms with Crippen LogP contribution in [0.5, 0.6) is 0 Å². The number of nitrogens with one attached hydrogen (secondary N) is 1. The number of hydrogen-bond donors (Lipinski definition) is 1. The number of carbonyl (C=O) groups is 1. The first-order valence-corrected chi connectivity index (χ1v) is 5.58. The van der Waals surface area contributed by atoms with E-state index in [4.69, 9.17) is 4.74 Å². The van der Waals surface area contributed by atoms with E-state index in [1.165, 1.54) is 0 Å². The summed E-state index contributed by atoms with van der Waals surface area (Å²) >= 11 is 0. The zero-order valence-electron chi connectivity index (χ0n) is 8.36. The van der Waals surface area contributed by atoms with Crippen LogP contribution >= 0.6 is 0 Å². The highest BCUT2D eigenvalue weighted by Crippen LogP contribution is 2.05. The molecular formula is C7H14NO5S-. The van der Waals surface area contributed by atoms with Gasteiger partial charge in [-0.2, -0.15) is 0 Å². The number of ether oxygens (including phenoxy) is 1. The second-order valence-electron chi connectivity index (χ2n) is 3.69. The van der Waals surface area contributed by atoms with Crippen molar-refractivity contribution in [2.45, 2.75) is 26.4 Å². The van der Waals surface area contributed by atoms with Gasteiger partial charge in [-0.3, -0.25) is 0 Å². The van der Waals surface area contributed by atoms with E-state index in [-0.39, 0.29) is 6.54 Å². The van der Waals surface area contributed by atoms with E-state index in [0.29, 0.717) is 0 Å². The predicted molar refractivity (Wildman–Crippen MR) is 48.8 cm³/mol. The van der Waals surface area contributed by atoms with Crippen molar-refractivity contribution in [1.82, 2.24) is 5.32 Å². The van der Waals surface area contributed by atoms with Crippen LogP contribution in [0.3, 0.4) is 0 Å². The van der Waals surface area contributed by atoms with Crippen molar-refractivity contribution in [2.75, 3.05) is 12.3 Å². The zero-order valence-corrected chi connectivity index (χ0v) is 9.18. The molecule has 0 aromatic rings. The third-order valence-corrected chi connectivity index (χ3v) is 1.72. The fraction of sp³-hybridized carbons (Fsp3) is 0.857. The minimum Gasteiger partial charge on any atom is -0.748 e. The van der Waals surface area contributed by atoms with E-state index in [9.17, 15) is 17.8 Å². The van der Waals surface area contributed by atoms with Crippen LogP contribution in [-0.4, -0.2) is 37.0 Å². The van der Waals surface area contributed by atoms with E-state index in [1.54, 1.807) is 20.8 Å². The normalized spacial score (nSPS) is 12.3. The number of alkyl carbamates (subject to hydrolysis) is 1. The van der Waals surface area contributed by atoms with Crippen molar-refractivity contribution < 1.29 is 22.5 Å². The molecule has 0 saturated carbocycles. The largest absolute Gasteiger partial charge is 0.748 e. The summed E-state index contributed by atoms with van der Waals surface area (Å²) in [5, 5.41) is 2.16. The molecule has 0 radical (unpaired) electrons. The molecule has 6 nitrogen and oxygen atoms in total. The Balaban J connectivity index is 3.77.